The molecule has 2 N–H and O–H groups in total. The Balaban J connectivity index is 2.13. The molecule has 0 fully saturated rings. The molecule has 2 aromatic heterocycles. The average Bonchev–Trinajstić information content (AvgIpc) is 2.86. The third-order valence-electron chi connectivity index (χ3n) is 2.79. The Morgan fingerprint density at radius 2 is 2.28 bits per heavy atom. The third kappa shape index (κ3) is 3.05. The van der Waals surface area contributed by atoms with Gasteiger partial charge in [-0.2, -0.15) is 16.7 Å². The van der Waals surface area contributed by atoms with Gasteiger partial charge in [0, 0.05) is 18.8 Å². The minimum Gasteiger partial charge on any atom is -0.369 e. The number of anilines is 2. The summed E-state index contributed by atoms with van der Waals surface area (Å²) >= 11 is 3.53. The van der Waals surface area contributed by atoms with Gasteiger partial charge in [-0.1, -0.05) is 6.92 Å². The topological polar surface area (TPSA) is 49.8 Å². The van der Waals surface area contributed by atoms with E-state index in [0.717, 1.165) is 29.0 Å². The predicted molar refractivity (Wildman–Crippen MR) is 83.0 cm³/mol. The van der Waals surface area contributed by atoms with Crippen LogP contribution in [0, 0.1) is 0 Å². The lowest BCUT2D eigenvalue weighted by atomic mass is 10.3. The molecule has 6 heteroatoms. The maximum atomic E-state index is 4.48. The largest absolute Gasteiger partial charge is 0.369 e. The smallest absolute Gasteiger partial charge is 0.225 e. The van der Waals surface area contributed by atoms with Crippen molar-refractivity contribution in [3.8, 4) is 0 Å². The van der Waals surface area contributed by atoms with E-state index >= 15 is 0 Å². The van der Waals surface area contributed by atoms with Gasteiger partial charge in [-0.05, 0) is 24.1 Å². The van der Waals surface area contributed by atoms with Crippen molar-refractivity contribution in [1.82, 2.24) is 9.97 Å². The summed E-state index contributed by atoms with van der Waals surface area (Å²) in [4.78, 5) is 9.93. The summed E-state index contributed by atoms with van der Waals surface area (Å²) in [5.74, 6) is 1.60. The lowest BCUT2D eigenvalue weighted by Crippen LogP contribution is -2.10. The van der Waals surface area contributed by atoms with Crippen LogP contribution in [0.4, 0.5) is 11.8 Å². The van der Waals surface area contributed by atoms with Crippen LogP contribution in [0.5, 0.6) is 0 Å². The predicted octanol–water partition coefficient (Wildman–Crippen LogP) is 3.29. The molecule has 0 spiro atoms. The zero-order chi connectivity index (χ0) is 13.0. The Labute approximate surface area is 116 Å². The highest BCUT2D eigenvalue weighted by molar-refractivity contribution is 7.99. The van der Waals surface area contributed by atoms with Crippen LogP contribution >= 0.6 is 23.1 Å². The van der Waals surface area contributed by atoms with Crippen molar-refractivity contribution in [3.05, 3.63) is 11.4 Å². The first kappa shape index (κ1) is 13.4. The molecule has 98 valence electrons. The first-order valence-electron chi connectivity index (χ1n) is 5.94. The Morgan fingerprint density at radius 1 is 1.44 bits per heavy atom. The number of nitrogens with one attached hydrogen (secondary N) is 2. The Morgan fingerprint density at radius 3 is 3.00 bits per heavy atom. The maximum absolute atomic E-state index is 4.48. The van der Waals surface area contributed by atoms with Crippen LogP contribution in [0.2, 0.25) is 0 Å². The van der Waals surface area contributed by atoms with E-state index in [1.807, 2.05) is 18.8 Å². The number of hydrogen-bond acceptors (Lipinski definition) is 6. The molecule has 0 amide bonds. The molecule has 2 rings (SSSR count). The number of hydrogen-bond donors (Lipinski definition) is 2. The van der Waals surface area contributed by atoms with E-state index in [1.54, 1.807) is 11.3 Å². The van der Waals surface area contributed by atoms with Crippen LogP contribution in [-0.4, -0.2) is 35.1 Å². The molecule has 0 aromatic carbocycles. The molecule has 1 unspecified atom stereocenters. The van der Waals surface area contributed by atoms with Gasteiger partial charge < -0.3 is 10.6 Å². The molecule has 0 bridgehead atoms. The van der Waals surface area contributed by atoms with Crippen LogP contribution in [-0.2, 0) is 0 Å². The minimum atomic E-state index is 0.668. The van der Waals surface area contributed by atoms with E-state index < -0.39 is 0 Å². The summed E-state index contributed by atoms with van der Waals surface area (Å²) < 4.78 is 0. The highest BCUT2D eigenvalue weighted by Crippen LogP contribution is 2.26. The van der Waals surface area contributed by atoms with E-state index in [-0.39, 0.29) is 0 Å². The van der Waals surface area contributed by atoms with Crippen LogP contribution in [0.25, 0.3) is 10.2 Å². The average molecular weight is 282 g/mol. The quantitative estimate of drug-likeness (QED) is 0.851. The standard InChI is InChI=1S/C12H18N4S2/c1-8(17-3)4-6-14-10-9-5-7-18-11(9)16-12(13-2)15-10/h5,7-8H,4,6H2,1-3H3,(H2,13,14,15,16). The summed E-state index contributed by atoms with van der Waals surface area (Å²) in [6.45, 7) is 3.18. The van der Waals surface area contributed by atoms with Gasteiger partial charge in [0.15, 0.2) is 0 Å². The van der Waals surface area contributed by atoms with Gasteiger partial charge in [-0.25, -0.2) is 4.98 Å². The van der Waals surface area contributed by atoms with E-state index in [2.05, 4.69) is 45.2 Å². The van der Waals surface area contributed by atoms with Crippen LogP contribution < -0.4 is 10.6 Å². The molecule has 0 aliphatic carbocycles. The molecule has 0 aliphatic rings. The molecule has 18 heavy (non-hydrogen) atoms. The number of fused-ring (bicyclic) bond motifs is 1. The zero-order valence-corrected chi connectivity index (χ0v) is 12.5. The normalized spacial score (nSPS) is 12.6. The summed E-state index contributed by atoms with van der Waals surface area (Å²) in [5.41, 5.74) is 0. The number of thioether (sulfide) groups is 1. The second-order valence-electron chi connectivity index (χ2n) is 4.05. The van der Waals surface area contributed by atoms with Gasteiger partial charge in [0.05, 0.1) is 5.39 Å². The maximum Gasteiger partial charge on any atom is 0.225 e. The molecule has 0 saturated heterocycles. The number of rotatable bonds is 6. The lowest BCUT2D eigenvalue weighted by Gasteiger charge is -2.11. The first-order valence-corrected chi connectivity index (χ1v) is 8.11. The summed E-state index contributed by atoms with van der Waals surface area (Å²) in [6.07, 6.45) is 3.28. The van der Waals surface area contributed by atoms with Crippen molar-refractivity contribution >= 4 is 45.1 Å². The van der Waals surface area contributed by atoms with Gasteiger partial charge >= 0.3 is 0 Å². The van der Waals surface area contributed by atoms with Crippen molar-refractivity contribution in [2.45, 2.75) is 18.6 Å². The van der Waals surface area contributed by atoms with Crippen LogP contribution in [0.15, 0.2) is 11.4 Å². The Bertz CT molecular complexity index is 512. The number of nitrogens with zero attached hydrogens (tertiary/aromatic N) is 2. The fourth-order valence-electron chi connectivity index (χ4n) is 1.61. The number of thiophene rings is 1. The van der Waals surface area contributed by atoms with Crippen molar-refractivity contribution in [3.63, 3.8) is 0 Å². The third-order valence-corrected chi connectivity index (χ3v) is 4.64. The molecular formula is C12H18N4S2. The van der Waals surface area contributed by atoms with Gasteiger partial charge in [0.25, 0.3) is 0 Å². The highest BCUT2D eigenvalue weighted by Gasteiger charge is 2.08. The molecule has 2 aromatic rings. The van der Waals surface area contributed by atoms with E-state index in [4.69, 9.17) is 0 Å². The summed E-state index contributed by atoms with van der Waals surface area (Å²) in [7, 11) is 1.84. The molecule has 0 radical (unpaired) electrons. The first-order chi connectivity index (χ1) is 8.74. The summed E-state index contributed by atoms with van der Waals surface area (Å²) in [5, 5.41) is 10.2. The second-order valence-corrected chi connectivity index (χ2v) is 6.22. The minimum absolute atomic E-state index is 0.668. The summed E-state index contributed by atoms with van der Waals surface area (Å²) in [6, 6.07) is 2.07. The lowest BCUT2D eigenvalue weighted by molar-refractivity contribution is 0.851. The van der Waals surface area contributed by atoms with Gasteiger partial charge in [-0.15, -0.1) is 11.3 Å². The van der Waals surface area contributed by atoms with Crippen molar-refractivity contribution < 1.29 is 0 Å². The molecule has 1 atom stereocenters. The molecule has 2 heterocycles. The Hall–Kier alpha value is -1.01. The molecule has 4 nitrogen and oxygen atoms in total. The van der Waals surface area contributed by atoms with E-state index in [1.165, 1.54) is 0 Å². The van der Waals surface area contributed by atoms with Gasteiger partial charge in [-0.3, -0.25) is 0 Å². The van der Waals surface area contributed by atoms with E-state index in [9.17, 15) is 0 Å². The van der Waals surface area contributed by atoms with Crippen molar-refractivity contribution in [1.29, 1.82) is 0 Å². The molecular weight excluding hydrogens is 264 g/mol. The van der Waals surface area contributed by atoms with Gasteiger partial charge in [0.1, 0.15) is 10.6 Å². The SMILES string of the molecule is CNc1nc(NCCC(C)SC)c2ccsc2n1. The van der Waals surface area contributed by atoms with Gasteiger partial charge in [0.2, 0.25) is 5.95 Å². The van der Waals surface area contributed by atoms with Crippen molar-refractivity contribution in [2.75, 3.05) is 30.5 Å². The Kier molecular flexibility index (Phi) is 4.66. The fourth-order valence-corrected chi connectivity index (χ4v) is 2.73. The highest BCUT2D eigenvalue weighted by atomic mass is 32.2. The van der Waals surface area contributed by atoms with Crippen LogP contribution in [0.1, 0.15) is 13.3 Å². The van der Waals surface area contributed by atoms with Crippen molar-refractivity contribution in [2.24, 2.45) is 0 Å². The van der Waals surface area contributed by atoms with E-state index in [0.29, 0.717) is 11.2 Å². The zero-order valence-electron chi connectivity index (χ0n) is 10.9. The molecule has 0 aliphatic heterocycles. The molecule has 0 saturated carbocycles. The fraction of sp³-hybridized carbons (Fsp3) is 0.500. The van der Waals surface area contributed by atoms with Crippen LogP contribution in [0.3, 0.4) is 0 Å². The second kappa shape index (κ2) is 6.24. The monoisotopic (exact) mass is 282 g/mol. The number of aromatic nitrogens is 2.